The Morgan fingerprint density at radius 1 is 1.56 bits per heavy atom. The van der Waals surface area contributed by atoms with Gasteiger partial charge in [0.05, 0.1) is 0 Å². The van der Waals surface area contributed by atoms with Gasteiger partial charge in [-0.1, -0.05) is 32.8 Å². The summed E-state index contributed by atoms with van der Waals surface area (Å²) in [6.07, 6.45) is 8.19. The lowest BCUT2D eigenvalue weighted by molar-refractivity contribution is 0.154. The topological polar surface area (TPSA) is 38.0 Å². The van der Waals surface area contributed by atoms with Crippen molar-refractivity contribution in [1.82, 2.24) is 5.32 Å². The molecule has 0 spiro atoms. The molecule has 1 rings (SSSR count). The zero-order valence-electron chi connectivity index (χ0n) is 11.0. The first kappa shape index (κ1) is 13.7. The van der Waals surface area contributed by atoms with E-state index in [0.717, 1.165) is 31.3 Å². The number of hydrogen-bond donors (Lipinski definition) is 2. The highest BCUT2D eigenvalue weighted by Crippen LogP contribution is 2.35. The first-order chi connectivity index (χ1) is 7.63. The van der Waals surface area contributed by atoms with E-state index in [4.69, 9.17) is 5.73 Å². The maximum atomic E-state index is 5.99. The summed E-state index contributed by atoms with van der Waals surface area (Å²) >= 11 is 0. The van der Waals surface area contributed by atoms with Crippen molar-refractivity contribution in [1.29, 1.82) is 0 Å². The Kier molecular flexibility index (Phi) is 5.50. The van der Waals surface area contributed by atoms with Gasteiger partial charge in [0, 0.05) is 12.1 Å². The highest BCUT2D eigenvalue weighted by atomic mass is 15.0. The average Bonchev–Trinajstić information content (AvgIpc) is 2.30. The minimum Gasteiger partial charge on any atom is -0.329 e. The molecule has 2 heteroatoms. The normalized spacial score (nSPS) is 30.6. The van der Waals surface area contributed by atoms with Crippen molar-refractivity contribution < 1.29 is 0 Å². The van der Waals surface area contributed by atoms with Crippen LogP contribution in [0.5, 0.6) is 0 Å². The van der Waals surface area contributed by atoms with Gasteiger partial charge < -0.3 is 11.1 Å². The third-order valence-electron chi connectivity index (χ3n) is 4.07. The van der Waals surface area contributed by atoms with E-state index in [9.17, 15) is 0 Å². The molecule has 1 aliphatic rings. The van der Waals surface area contributed by atoms with Crippen molar-refractivity contribution in [2.75, 3.05) is 13.1 Å². The van der Waals surface area contributed by atoms with Crippen molar-refractivity contribution in [3.63, 3.8) is 0 Å². The Morgan fingerprint density at radius 3 is 2.88 bits per heavy atom. The van der Waals surface area contributed by atoms with Crippen molar-refractivity contribution in [3.05, 3.63) is 12.7 Å². The zero-order valence-corrected chi connectivity index (χ0v) is 11.0. The van der Waals surface area contributed by atoms with Crippen LogP contribution in [-0.2, 0) is 0 Å². The Labute approximate surface area is 101 Å². The molecule has 1 fully saturated rings. The molecule has 2 nitrogen and oxygen atoms in total. The standard InChI is InChI=1S/C14H28N2/c1-4-5-9-16-14(11-15)8-6-7-13(10-14)12(2)3/h4,12-13,16H,1,5-11,15H2,2-3H3. The molecular formula is C14H28N2. The monoisotopic (exact) mass is 224 g/mol. The smallest absolute Gasteiger partial charge is 0.0306 e. The van der Waals surface area contributed by atoms with Gasteiger partial charge in [-0.15, -0.1) is 6.58 Å². The van der Waals surface area contributed by atoms with E-state index in [2.05, 4.69) is 25.7 Å². The van der Waals surface area contributed by atoms with Crippen molar-refractivity contribution in [2.45, 2.75) is 51.5 Å². The van der Waals surface area contributed by atoms with Crippen LogP contribution in [0.2, 0.25) is 0 Å². The highest BCUT2D eigenvalue weighted by Gasteiger charge is 2.35. The average molecular weight is 224 g/mol. The molecular weight excluding hydrogens is 196 g/mol. The quantitative estimate of drug-likeness (QED) is 0.538. The van der Waals surface area contributed by atoms with E-state index in [1.807, 2.05) is 6.08 Å². The van der Waals surface area contributed by atoms with Gasteiger partial charge in [0.15, 0.2) is 0 Å². The summed E-state index contributed by atoms with van der Waals surface area (Å²) in [7, 11) is 0. The van der Waals surface area contributed by atoms with Crippen LogP contribution < -0.4 is 11.1 Å². The molecule has 16 heavy (non-hydrogen) atoms. The fraction of sp³-hybridized carbons (Fsp3) is 0.857. The fourth-order valence-corrected chi connectivity index (χ4v) is 2.84. The second-order valence-corrected chi connectivity index (χ2v) is 5.59. The van der Waals surface area contributed by atoms with Crippen LogP contribution in [0, 0.1) is 11.8 Å². The van der Waals surface area contributed by atoms with E-state index >= 15 is 0 Å². The SMILES string of the molecule is C=CCCNC1(CN)CCCC(C(C)C)C1. The summed E-state index contributed by atoms with van der Waals surface area (Å²) in [5.41, 5.74) is 6.20. The minimum atomic E-state index is 0.205. The second-order valence-electron chi connectivity index (χ2n) is 5.59. The number of rotatable bonds is 6. The third-order valence-corrected chi connectivity index (χ3v) is 4.07. The van der Waals surface area contributed by atoms with Gasteiger partial charge in [-0.05, 0) is 37.6 Å². The Bertz CT molecular complexity index is 213. The van der Waals surface area contributed by atoms with Gasteiger partial charge >= 0.3 is 0 Å². The largest absolute Gasteiger partial charge is 0.329 e. The first-order valence-corrected chi connectivity index (χ1v) is 6.69. The van der Waals surface area contributed by atoms with Crippen LogP contribution in [0.25, 0.3) is 0 Å². The van der Waals surface area contributed by atoms with Crippen LogP contribution in [0.1, 0.15) is 46.0 Å². The predicted molar refractivity (Wildman–Crippen MR) is 71.4 cm³/mol. The molecule has 0 aromatic rings. The molecule has 0 aromatic carbocycles. The molecule has 0 radical (unpaired) electrons. The van der Waals surface area contributed by atoms with E-state index in [0.29, 0.717) is 0 Å². The summed E-state index contributed by atoms with van der Waals surface area (Å²) in [5.74, 6) is 1.63. The van der Waals surface area contributed by atoms with Crippen LogP contribution in [0.3, 0.4) is 0 Å². The Balaban J connectivity index is 2.52. The van der Waals surface area contributed by atoms with E-state index in [1.165, 1.54) is 25.7 Å². The lowest BCUT2D eigenvalue weighted by Crippen LogP contribution is -2.54. The summed E-state index contributed by atoms with van der Waals surface area (Å²) in [5, 5.41) is 3.67. The molecule has 1 aliphatic carbocycles. The van der Waals surface area contributed by atoms with E-state index in [1.54, 1.807) is 0 Å². The van der Waals surface area contributed by atoms with Crippen LogP contribution in [0.4, 0.5) is 0 Å². The molecule has 0 heterocycles. The van der Waals surface area contributed by atoms with Crippen molar-refractivity contribution >= 4 is 0 Å². The van der Waals surface area contributed by atoms with Gasteiger partial charge in [-0.25, -0.2) is 0 Å². The Hall–Kier alpha value is -0.340. The number of nitrogens with one attached hydrogen (secondary N) is 1. The number of nitrogens with two attached hydrogens (primary N) is 1. The maximum Gasteiger partial charge on any atom is 0.0306 e. The lowest BCUT2D eigenvalue weighted by atomic mass is 9.71. The molecule has 0 amide bonds. The van der Waals surface area contributed by atoms with Gasteiger partial charge in [0.2, 0.25) is 0 Å². The molecule has 0 aromatic heterocycles. The molecule has 2 atom stereocenters. The predicted octanol–water partition coefficient (Wildman–Crippen LogP) is 2.70. The fourth-order valence-electron chi connectivity index (χ4n) is 2.84. The second kappa shape index (κ2) is 6.41. The zero-order chi connectivity index (χ0) is 12.0. The van der Waals surface area contributed by atoms with E-state index in [-0.39, 0.29) is 5.54 Å². The van der Waals surface area contributed by atoms with Gasteiger partial charge in [0.25, 0.3) is 0 Å². The van der Waals surface area contributed by atoms with Crippen LogP contribution in [0.15, 0.2) is 12.7 Å². The van der Waals surface area contributed by atoms with Crippen LogP contribution >= 0.6 is 0 Å². The molecule has 0 bridgehead atoms. The molecule has 0 saturated heterocycles. The third kappa shape index (κ3) is 3.60. The highest BCUT2D eigenvalue weighted by molar-refractivity contribution is 4.95. The molecule has 1 saturated carbocycles. The maximum absolute atomic E-state index is 5.99. The van der Waals surface area contributed by atoms with E-state index < -0.39 is 0 Å². The lowest BCUT2D eigenvalue weighted by Gasteiger charge is -2.42. The van der Waals surface area contributed by atoms with Crippen molar-refractivity contribution in [2.24, 2.45) is 17.6 Å². The van der Waals surface area contributed by atoms with Gasteiger partial charge in [0.1, 0.15) is 0 Å². The molecule has 2 unspecified atom stereocenters. The molecule has 0 aliphatic heterocycles. The summed E-state index contributed by atoms with van der Waals surface area (Å²) in [6.45, 7) is 10.2. The summed E-state index contributed by atoms with van der Waals surface area (Å²) < 4.78 is 0. The van der Waals surface area contributed by atoms with Gasteiger partial charge in [-0.3, -0.25) is 0 Å². The molecule has 3 N–H and O–H groups in total. The molecule has 94 valence electrons. The first-order valence-electron chi connectivity index (χ1n) is 6.69. The minimum absolute atomic E-state index is 0.205. The number of hydrogen-bond acceptors (Lipinski definition) is 2. The van der Waals surface area contributed by atoms with Gasteiger partial charge in [-0.2, -0.15) is 0 Å². The van der Waals surface area contributed by atoms with Crippen molar-refractivity contribution in [3.8, 4) is 0 Å². The van der Waals surface area contributed by atoms with Crippen LogP contribution in [-0.4, -0.2) is 18.6 Å². The summed E-state index contributed by atoms with van der Waals surface area (Å²) in [6, 6.07) is 0. The summed E-state index contributed by atoms with van der Waals surface area (Å²) in [4.78, 5) is 0. The Morgan fingerprint density at radius 2 is 2.31 bits per heavy atom.